The van der Waals surface area contributed by atoms with E-state index in [2.05, 4.69) is 5.32 Å². The van der Waals surface area contributed by atoms with Crippen LogP contribution in [0.25, 0.3) is 0 Å². The van der Waals surface area contributed by atoms with Gasteiger partial charge in [-0.15, -0.1) is 0 Å². The molecular formula is C20H25FN2O2. The van der Waals surface area contributed by atoms with Gasteiger partial charge in [0.15, 0.2) is 0 Å². The maximum Gasteiger partial charge on any atom is 0.234 e. The Hall–Kier alpha value is -2.24. The number of hydrogen-bond acceptors (Lipinski definition) is 3. The fourth-order valence-electron chi connectivity index (χ4n) is 2.55. The number of nitrogens with one attached hydrogen (secondary N) is 1. The van der Waals surface area contributed by atoms with E-state index in [1.807, 2.05) is 35.2 Å². The molecule has 1 amide bonds. The second-order valence-corrected chi connectivity index (χ2v) is 6.05. The normalized spacial score (nSPS) is 10.9. The van der Waals surface area contributed by atoms with Crippen molar-refractivity contribution >= 4 is 5.91 Å². The first-order valence-corrected chi connectivity index (χ1v) is 8.35. The van der Waals surface area contributed by atoms with Crippen LogP contribution in [0.15, 0.2) is 48.5 Å². The van der Waals surface area contributed by atoms with Crippen LogP contribution in [0.5, 0.6) is 0 Å². The van der Waals surface area contributed by atoms with Gasteiger partial charge in [0.25, 0.3) is 0 Å². The summed E-state index contributed by atoms with van der Waals surface area (Å²) in [6.07, 6.45) is 0. The Morgan fingerprint density at radius 2 is 1.92 bits per heavy atom. The molecule has 0 radical (unpaired) electrons. The lowest BCUT2D eigenvalue weighted by Gasteiger charge is -2.21. The van der Waals surface area contributed by atoms with Crippen molar-refractivity contribution in [3.8, 4) is 0 Å². The Labute approximate surface area is 148 Å². The quantitative estimate of drug-likeness (QED) is 0.760. The van der Waals surface area contributed by atoms with Crippen LogP contribution in [0, 0.1) is 12.7 Å². The number of rotatable bonds is 9. The van der Waals surface area contributed by atoms with Gasteiger partial charge < -0.3 is 10.1 Å². The molecule has 0 aliphatic carbocycles. The molecular weight excluding hydrogens is 319 g/mol. The molecule has 0 aromatic heterocycles. The number of benzene rings is 2. The molecule has 0 spiro atoms. The zero-order valence-electron chi connectivity index (χ0n) is 14.8. The Morgan fingerprint density at radius 3 is 2.60 bits per heavy atom. The summed E-state index contributed by atoms with van der Waals surface area (Å²) in [5.74, 6) is -0.294. The predicted molar refractivity (Wildman–Crippen MR) is 96.6 cm³/mol. The molecule has 2 aromatic carbocycles. The minimum absolute atomic E-state index is 0.0611. The molecule has 0 atom stereocenters. The van der Waals surface area contributed by atoms with E-state index < -0.39 is 0 Å². The van der Waals surface area contributed by atoms with Crippen molar-refractivity contribution in [2.24, 2.45) is 0 Å². The van der Waals surface area contributed by atoms with Crippen LogP contribution in [-0.2, 0) is 22.6 Å². The first-order chi connectivity index (χ1) is 12.1. The summed E-state index contributed by atoms with van der Waals surface area (Å²) < 4.78 is 18.4. The average molecular weight is 344 g/mol. The summed E-state index contributed by atoms with van der Waals surface area (Å²) in [5, 5.41) is 2.89. The average Bonchev–Trinajstić information content (AvgIpc) is 2.61. The smallest absolute Gasteiger partial charge is 0.234 e. The third kappa shape index (κ3) is 6.64. The van der Waals surface area contributed by atoms with Gasteiger partial charge in [0, 0.05) is 26.7 Å². The summed E-state index contributed by atoms with van der Waals surface area (Å²) in [6, 6.07) is 14.9. The lowest BCUT2D eigenvalue weighted by molar-refractivity contribution is -0.122. The van der Waals surface area contributed by atoms with Gasteiger partial charge in [0.2, 0.25) is 5.91 Å². The van der Waals surface area contributed by atoms with Gasteiger partial charge in [-0.25, -0.2) is 4.39 Å². The first kappa shape index (κ1) is 19.1. The number of carbonyl (C=O) groups excluding carboxylic acids is 1. The van der Waals surface area contributed by atoms with Crippen LogP contribution in [-0.4, -0.2) is 37.6 Å². The number of methoxy groups -OCH3 is 1. The van der Waals surface area contributed by atoms with E-state index in [-0.39, 0.29) is 11.7 Å². The topological polar surface area (TPSA) is 41.6 Å². The standard InChI is InChI=1S/C20H25FN2O2/c1-16-12-18(8-9-19(16)21)13-22-20(24)15-23(10-11-25-2)14-17-6-4-3-5-7-17/h3-9,12H,10-11,13-15H2,1-2H3,(H,22,24). The zero-order chi connectivity index (χ0) is 18.1. The van der Waals surface area contributed by atoms with Crippen LogP contribution in [0.3, 0.4) is 0 Å². The predicted octanol–water partition coefficient (Wildman–Crippen LogP) is 2.90. The lowest BCUT2D eigenvalue weighted by atomic mass is 10.1. The van der Waals surface area contributed by atoms with E-state index in [1.165, 1.54) is 6.07 Å². The minimum Gasteiger partial charge on any atom is -0.383 e. The molecule has 5 heteroatoms. The summed E-state index contributed by atoms with van der Waals surface area (Å²) in [5.41, 5.74) is 2.62. The van der Waals surface area contributed by atoms with Crippen molar-refractivity contribution < 1.29 is 13.9 Å². The Balaban J connectivity index is 1.88. The molecule has 0 unspecified atom stereocenters. The van der Waals surface area contributed by atoms with Crippen LogP contribution < -0.4 is 5.32 Å². The maximum absolute atomic E-state index is 13.3. The van der Waals surface area contributed by atoms with Gasteiger partial charge in [0.05, 0.1) is 13.2 Å². The number of amides is 1. The van der Waals surface area contributed by atoms with Crippen molar-refractivity contribution in [1.82, 2.24) is 10.2 Å². The fourth-order valence-corrected chi connectivity index (χ4v) is 2.55. The summed E-state index contributed by atoms with van der Waals surface area (Å²) in [6.45, 7) is 4.33. The zero-order valence-corrected chi connectivity index (χ0v) is 14.8. The molecule has 1 N–H and O–H groups in total. The van der Waals surface area contributed by atoms with Gasteiger partial charge in [-0.05, 0) is 29.7 Å². The highest BCUT2D eigenvalue weighted by atomic mass is 19.1. The van der Waals surface area contributed by atoms with E-state index >= 15 is 0 Å². The third-order valence-corrected chi connectivity index (χ3v) is 3.94. The van der Waals surface area contributed by atoms with E-state index in [1.54, 1.807) is 26.2 Å². The highest BCUT2D eigenvalue weighted by Gasteiger charge is 2.11. The largest absolute Gasteiger partial charge is 0.383 e. The molecule has 0 bridgehead atoms. The van der Waals surface area contributed by atoms with Gasteiger partial charge in [0.1, 0.15) is 5.82 Å². The fraction of sp³-hybridized carbons (Fsp3) is 0.350. The molecule has 134 valence electrons. The molecule has 0 saturated heterocycles. The summed E-state index contributed by atoms with van der Waals surface area (Å²) in [7, 11) is 1.65. The first-order valence-electron chi connectivity index (χ1n) is 8.35. The Bertz CT molecular complexity index is 677. The summed E-state index contributed by atoms with van der Waals surface area (Å²) in [4.78, 5) is 14.3. The molecule has 0 fully saturated rings. The molecule has 25 heavy (non-hydrogen) atoms. The van der Waals surface area contributed by atoms with Crippen LogP contribution in [0.2, 0.25) is 0 Å². The van der Waals surface area contributed by atoms with Crippen molar-refractivity contribution in [2.45, 2.75) is 20.0 Å². The molecule has 0 aliphatic rings. The highest BCUT2D eigenvalue weighted by Crippen LogP contribution is 2.09. The van der Waals surface area contributed by atoms with Crippen molar-refractivity contribution in [3.63, 3.8) is 0 Å². The maximum atomic E-state index is 13.3. The monoisotopic (exact) mass is 344 g/mol. The van der Waals surface area contributed by atoms with Gasteiger partial charge in [-0.1, -0.05) is 42.5 Å². The SMILES string of the molecule is COCCN(CC(=O)NCc1ccc(F)c(C)c1)Cc1ccccc1. The molecule has 0 aliphatic heterocycles. The van der Waals surface area contributed by atoms with E-state index in [9.17, 15) is 9.18 Å². The number of hydrogen-bond donors (Lipinski definition) is 1. The molecule has 0 saturated carbocycles. The lowest BCUT2D eigenvalue weighted by Crippen LogP contribution is -2.38. The van der Waals surface area contributed by atoms with Gasteiger partial charge >= 0.3 is 0 Å². The third-order valence-electron chi connectivity index (χ3n) is 3.94. The van der Waals surface area contributed by atoms with Crippen molar-refractivity contribution in [1.29, 1.82) is 0 Å². The van der Waals surface area contributed by atoms with Crippen molar-refractivity contribution in [3.05, 3.63) is 71.0 Å². The molecule has 2 rings (SSSR count). The Kier molecular flexibility index (Phi) is 7.57. The van der Waals surface area contributed by atoms with E-state index in [0.29, 0.717) is 38.3 Å². The van der Waals surface area contributed by atoms with Crippen LogP contribution in [0.1, 0.15) is 16.7 Å². The van der Waals surface area contributed by atoms with Crippen molar-refractivity contribution in [2.75, 3.05) is 26.8 Å². The number of aryl methyl sites for hydroxylation is 1. The van der Waals surface area contributed by atoms with Crippen LogP contribution in [0.4, 0.5) is 4.39 Å². The molecule has 4 nitrogen and oxygen atoms in total. The second-order valence-electron chi connectivity index (χ2n) is 6.05. The molecule has 0 heterocycles. The van der Waals surface area contributed by atoms with E-state index in [0.717, 1.165) is 11.1 Å². The number of carbonyl (C=O) groups is 1. The van der Waals surface area contributed by atoms with E-state index in [4.69, 9.17) is 4.74 Å². The minimum atomic E-state index is -0.233. The number of halogens is 1. The summed E-state index contributed by atoms with van der Waals surface area (Å²) >= 11 is 0. The van der Waals surface area contributed by atoms with Gasteiger partial charge in [-0.3, -0.25) is 9.69 Å². The Morgan fingerprint density at radius 1 is 1.16 bits per heavy atom. The highest BCUT2D eigenvalue weighted by molar-refractivity contribution is 5.78. The second kappa shape index (κ2) is 9.91. The number of nitrogens with zero attached hydrogens (tertiary/aromatic N) is 1. The molecule has 2 aromatic rings. The number of ether oxygens (including phenoxy) is 1. The van der Waals surface area contributed by atoms with Crippen LogP contribution >= 0.6 is 0 Å². The van der Waals surface area contributed by atoms with Gasteiger partial charge in [-0.2, -0.15) is 0 Å².